The van der Waals surface area contributed by atoms with Gasteiger partial charge in [0.1, 0.15) is 17.6 Å². The van der Waals surface area contributed by atoms with Crippen molar-refractivity contribution in [3.63, 3.8) is 0 Å². The van der Waals surface area contributed by atoms with Crippen LogP contribution >= 0.6 is 12.2 Å². The zero-order valence-corrected chi connectivity index (χ0v) is 19.5. The van der Waals surface area contributed by atoms with Gasteiger partial charge in [0, 0.05) is 25.7 Å². The van der Waals surface area contributed by atoms with Gasteiger partial charge in [-0.1, -0.05) is 6.92 Å². The Morgan fingerprint density at radius 3 is 2.61 bits per heavy atom. The highest BCUT2D eigenvalue weighted by Crippen LogP contribution is 2.24. The number of benzene rings is 1. The summed E-state index contributed by atoms with van der Waals surface area (Å²) in [5, 5.41) is 5.82. The van der Waals surface area contributed by atoms with Gasteiger partial charge in [0.05, 0.1) is 25.8 Å². The number of anilines is 1. The quantitative estimate of drug-likeness (QED) is 0.484. The first-order chi connectivity index (χ1) is 15.9. The Kier molecular flexibility index (Phi) is 8.42. The largest absolute Gasteiger partial charge is 0.494 e. The number of amides is 3. The first-order valence-corrected chi connectivity index (χ1v) is 11.2. The summed E-state index contributed by atoms with van der Waals surface area (Å²) in [7, 11) is 0. The molecule has 176 valence electrons. The van der Waals surface area contributed by atoms with Gasteiger partial charge in [-0.2, -0.15) is 0 Å². The number of nitrogens with zero attached hydrogens (tertiary/aromatic N) is 2. The molecule has 1 aliphatic rings. The third-order valence-corrected chi connectivity index (χ3v) is 5.47. The molecule has 33 heavy (non-hydrogen) atoms. The minimum absolute atomic E-state index is 0.0816. The standard InChI is InChI=1S/C23H28N4O5S/c1-3-12-31-18-8-6-17(7-9-18)25-21(29)14-20-22(30)27(15-19-5-4-13-32-19)23(33)26(20)11-10-24-16(2)28/h4-9,13,20H,3,10-12,14-15H2,1-2H3,(H,24,28)(H,25,29). The van der Waals surface area contributed by atoms with Gasteiger partial charge in [-0.3, -0.25) is 19.3 Å². The normalized spacial score (nSPS) is 15.6. The second kappa shape index (κ2) is 11.5. The van der Waals surface area contributed by atoms with Gasteiger partial charge in [0.2, 0.25) is 11.8 Å². The Bertz CT molecular complexity index is 977. The number of hydrogen-bond donors (Lipinski definition) is 2. The molecule has 1 aliphatic heterocycles. The van der Waals surface area contributed by atoms with Gasteiger partial charge in [0.15, 0.2) is 5.11 Å². The van der Waals surface area contributed by atoms with E-state index < -0.39 is 6.04 Å². The van der Waals surface area contributed by atoms with Crippen LogP contribution in [0.25, 0.3) is 0 Å². The Labute approximate surface area is 198 Å². The molecule has 0 spiro atoms. The lowest BCUT2D eigenvalue weighted by Crippen LogP contribution is -2.42. The first kappa shape index (κ1) is 24.2. The van der Waals surface area contributed by atoms with E-state index in [0.717, 1.165) is 12.2 Å². The molecular formula is C23H28N4O5S. The maximum atomic E-state index is 13.2. The molecule has 1 unspecified atom stereocenters. The minimum Gasteiger partial charge on any atom is -0.494 e. The molecule has 9 nitrogen and oxygen atoms in total. The van der Waals surface area contributed by atoms with E-state index >= 15 is 0 Å². The van der Waals surface area contributed by atoms with E-state index in [-0.39, 0.29) is 30.7 Å². The average Bonchev–Trinajstić information content (AvgIpc) is 3.37. The van der Waals surface area contributed by atoms with Crippen LogP contribution in [0, 0.1) is 0 Å². The summed E-state index contributed by atoms with van der Waals surface area (Å²) >= 11 is 5.53. The van der Waals surface area contributed by atoms with E-state index in [1.165, 1.54) is 18.1 Å². The number of furan rings is 1. The third kappa shape index (κ3) is 6.55. The van der Waals surface area contributed by atoms with Crippen LogP contribution in [0.5, 0.6) is 5.75 Å². The van der Waals surface area contributed by atoms with E-state index in [0.29, 0.717) is 36.3 Å². The molecule has 2 N–H and O–H groups in total. The van der Waals surface area contributed by atoms with Crippen molar-refractivity contribution in [2.75, 3.05) is 25.0 Å². The Morgan fingerprint density at radius 1 is 1.21 bits per heavy atom. The SMILES string of the molecule is CCCOc1ccc(NC(=O)CC2C(=O)N(Cc3ccco3)C(=S)N2CCNC(C)=O)cc1. The number of carbonyl (C=O) groups excluding carboxylic acids is 3. The topological polar surface area (TPSA) is 104 Å². The number of thiocarbonyl (C=S) groups is 1. The lowest BCUT2D eigenvalue weighted by molar-refractivity contribution is -0.131. The zero-order valence-electron chi connectivity index (χ0n) is 18.7. The highest BCUT2D eigenvalue weighted by Gasteiger charge is 2.43. The van der Waals surface area contributed by atoms with Gasteiger partial charge in [-0.15, -0.1) is 0 Å². The van der Waals surface area contributed by atoms with Crippen LogP contribution in [-0.2, 0) is 20.9 Å². The molecular weight excluding hydrogens is 444 g/mol. The predicted molar refractivity (Wildman–Crippen MR) is 127 cm³/mol. The summed E-state index contributed by atoms with van der Waals surface area (Å²) in [6.07, 6.45) is 2.35. The van der Waals surface area contributed by atoms with Crippen molar-refractivity contribution in [1.29, 1.82) is 0 Å². The molecule has 2 heterocycles. The molecule has 1 saturated heterocycles. The summed E-state index contributed by atoms with van der Waals surface area (Å²) in [5.41, 5.74) is 0.606. The zero-order chi connectivity index (χ0) is 23.8. The van der Waals surface area contributed by atoms with Gasteiger partial charge in [-0.25, -0.2) is 0 Å². The van der Waals surface area contributed by atoms with E-state index in [9.17, 15) is 14.4 Å². The summed E-state index contributed by atoms with van der Waals surface area (Å²) in [4.78, 5) is 40.3. The van der Waals surface area contributed by atoms with E-state index in [1.54, 1.807) is 41.3 Å². The van der Waals surface area contributed by atoms with Gasteiger partial charge < -0.3 is 24.7 Å². The molecule has 1 atom stereocenters. The molecule has 1 aromatic carbocycles. The van der Waals surface area contributed by atoms with Crippen LogP contribution in [-0.4, -0.2) is 58.4 Å². The van der Waals surface area contributed by atoms with Gasteiger partial charge >= 0.3 is 0 Å². The van der Waals surface area contributed by atoms with E-state index in [1.807, 2.05) is 6.92 Å². The fourth-order valence-corrected chi connectivity index (χ4v) is 3.82. The van der Waals surface area contributed by atoms with Crippen LogP contribution in [0.15, 0.2) is 47.1 Å². The van der Waals surface area contributed by atoms with Crippen molar-refractivity contribution in [2.24, 2.45) is 0 Å². The molecule has 0 radical (unpaired) electrons. The first-order valence-electron chi connectivity index (χ1n) is 10.8. The summed E-state index contributed by atoms with van der Waals surface area (Å²) in [6.45, 7) is 4.85. The third-order valence-electron chi connectivity index (χ3n) is 5.01. The monoisotopic (exact) mass is 472 g/mol. The summed E-state index contributed by atoms with van der Waals surface area (Å²) < 4.78 is 10.9. The summed E-state index contributed by atoms with van der Waals surface area (Å²) in [5.74, 6) is 0.534. The molecule has 3 rings (SSSR count). The number of ether oxygens (including phenoxy) is 1. The second-order valence-corrected chi connectivity index (χ2v) is 7.97. The van der Waals surface area contributed by atoms with Crippen LogP contribution in [0.3, 0.4) is 0 Å². The molecule has 2 aromatic rings. The van der Waals surface area contributed by atoms with Crippen LogP contribution in [0.4, 0.5) is 5.69 Å². The van der Waals surface area contributed by atoms with Crippen molar-refractivity contribution in [2.45, 2.75) is 39.3 Å². The van der Waals surface area contributed by atoms with Crippen molar-refractivity contribution in [3.8, 4) is 5.75 Å². The number of rotatable bonds is 11. The maximum absolute atomic E-state index is 13.2. The van der Waals surface area contributed by atoms with Crippen molar-refractivity contribution in [3.05, 3.63) is 48.4 Å². The van der Waals surface area contributed by atoms with Crippen LogP contribution < -0.4 is 15.4 Å². The van der Waals surface area contributed by atoms with Crippen molar-refractivity contribution in [1.82, 2.24) is 15.1 Å². The van der Waals surface area contributed by atoms with Crippen molar-refractivity contribution < 1.29 is 23.5 Å². The second-order valence-electron chi connectivity index (χ2n) is 7.60. The number of carbonyl (C=O) groups is 3. The predicted octanol–water partition coefficient (Wildman–Crippen LogP) is 2.53. The number of hydrogen-bond acceptors (Lipinski definition) is 6. The lowest BCUT2D eigenvalue weighted by Gasteiger charge is -2.23. The fraction of sp³-hybridized carbons (Fsp3) is 0.391. The minimum atomic E-state index is -0.770. The Hall–Kier alpha value is -3.40. The fourth-order valence-electron chi connectivity index (χ4n) is 3.44. The summed E-state index contributed by atoms with van der Waals surface area (Å²) in [6, 6.07) is 9.79. The molecule has 0 aliphatic carbocycles. The average molecular weight is 473 g/mol. The maximum Gasteiger partial charge on any atom is 0.252 e. The molecule has 1 fully saturated rings. The Balaban J connectivity index is 1.67. The highest BCUT2D eigenvalue weighted by atomic mass is 32.1. The molecule has 3 amide bonds. The van der Waals surface area contributed by atoms with E-state index in [4.69, 9.17) is 21.4 Å². The number of nitrogens with one attached hydrogen (secondary N) is 2. The van der Waals surface area contributed by atoms with Crippen molar-refractivity contribution >= 4 is 40.7 Å². The molecule has 10 heteroatoms. The van der Waals surface area contributed by atoms with Crippen LogP contribution in [0.2, 0.25) is 0 Å². The van der Waals surface area contributed by atoms with Gasteiger partial charge in [-0.05, 0) is 55.0 Å². The van der Waals surface area contributed by atoms with Gasteiger partial charge in [0.25, 0.3) is 5.91 Å². The van der Waals surface area contributed by atoms with E-state index in [2.05, 4.69) is 10.6 Å². The lowest BCUT2D eigenvalue weighted by atomic mass is 10.1. The molecule has 0 saturated carbocycles. The Morgan fingerprint density at radius 2 is 1.97 bits per heavy atom. The molecule has 0 bridgehead atoms. The van der Waals surface area contributed by atoms with Crippen LogP contribution in [0.1, 0.15) is 32.4 Å². The highest BCUT2D eigenvalue weighted by molar-refractivity contribution is 7.80. The smallest absolute Gasteiger partial charge is 0.252 e. The molecule has 1 aromatic heterocycles.